The number of nitrogens with zero attached hydrogens (tertiary/aromatic N) is 3. The van der Waals surface area contributed by atoms with Crippen molar-refractivity contribution in [1.29, 1.82) is 0 Å². The van der Waals surface area contributed by atoms with Gasteiger partial charge in [-0.2, -0.15) is 0 Å². The number of aliphatic imine (C=N–C) groups is 1. The van der Waals surface area contributed by atoms with Crippen molar-refractivity contribution >= 4 is 35.6 Å². The van der Waals surface area contributed by atoms with Gasteiger partial charge in [-0.1, -0.05) is 30.3 Å². The van der Waals surface area contributed by atoms with Crippen molar-refractivity contribution in [2.45, 2.75) is 25.9 Å². The topological polar surface area (TPSA) is 77.5 Å². The molecule has 30 heavy (non-hydrogen) atoms. The molecule has 0 unspecified atom stereocenters. The zero-order valence-electron chi connectivity index (χ0n) is 15.8. The Kier molecular flexibility index (Phi) is 8.51. The lowest BCUT2D eigenvalue weighted by Crippen LogP contribution is -2.23. The number of halogens is 4. The lowest BCUT2D eigenvalue weighted by molar-refractivity contribution is -0.274. The predicted molar refractivity (Wildman–Crippen MR) is 120 cm³/mol. The van der Waals surface area contributed by atoms with E-state index in [9.17, 15) is 13.2 Å². The van der Waals surface area contributed by atoms with E-state index in [0.717, 1.165) is 18.8 Å². The van der Waals surface area contributed by atoms with E-state index in [1.54, 1.807) is 6.20 Å². The largest absolute Gasteiger partial charge is 0.573 e. The average molecular weight is 531 g/mol. The Morgan fingerprint density at radius 1 is 1.10 bits per heavy atom. The van der Waals surface area contributed by atoms with Crippen molar-refractivity contribution in [2.75, 3.05) is 5.32 Å². The molecule has 0 aliphatic rings. The van der Waals surface area contributed by atoms with Crippen molar-refractivity contribution in [2.24, 2.45) is 10.7 Å². The SMILES string of the molecule is I.NC(=NCc1nccn1CCc1ccccc1)Nc1ccc(OC(F)(F)F)cc1. The van der Waals surface area contributed by atoms with Crippen LogP contribution in [0.4, 0.5) is 18.9 Å². The zero-order chi connectivity index (χ0) is 20.7. The molecule has 2 aromatic carbocycles. The Morgan fingerprint density at radius 3 is 2.47 bits per heavy atom. The normalized spacial score (nSPS) is 11.6. The molecule has 0 atom stereocenters. The molecule has 0 bridgehead atoms. The first-order valence-corrected chi connectivity index (χ1v) is 8.86. The van der Waals surface area contributed by atoms with Crippen LogP contribution in [0.15, 0.2) is 72.0 Å². The molecule has 3 rings (SSSR count). The highest BCUT2D eigenvalue weighted by Crippen LogP contribution is 2.23. The fourth-order valence-corrected chi connectivity index (χ4v) is 2.67. The molecular weight excluding hydrogens is 510 g/mol. The number of hydrogen-bond acceptors (Lipinski definition) is 3. The van der Waals surface area contributed by atoms with Crippen LogP contribution in [0, 0.1) is 0 Å². The molecule has 160 valence electrons. The summed E-state index contributed by atoms with van der Waals surface area (Å²) in [5.41, 5.74) is 7.59. The highest BCUT2D eigenvalue weighted by Gasteiger charge is 2.30. The van der Waals surface area contributed by atoms with E-state index < -0.39 is 6.36 Å². The Bertz CT molecular complexity index is 943. The summed E-state index contributed by atoms with van der Waals surface area (Å²) >= 11 is 0. The van der Waals surface area contributed by atoms with Crippen LogP contribution in [0.5, 0.6) is 5.75 Å². The van der Waals surface area contributed by atoms with E-state index in [2.05, 4.69) is 32.2 Å². The maximum absolute atomic E-state index is 12.2. The minimum absolute atomic E-state index is 0. The summed E-state index contributed by atoms with van der Waals surface area (Å²) in [6, 6.07) is 15.4. The predicted octanol–water partition coefficient (Wildman–Crippen LogP) is 4.57. The second kappa shape index (κ2) is 10.9. The molecule has 10 heteroatoms. The quantitative estimate of drug-likeness (QED) is 0.266. The number of ether oxygens (including phenoxy) is 1. The van der Waals surface area contributed by atoms with Gasteiger partial charge in [0, 0.05) is 24.6 Å². The Hall–Kier alpha value is -2.76. The maximum atomic E-state index is 12.2. The molecule has 6 nitrogen and oxygen atoms in total. The minimum Gasteiger partial charge on any atom is -0.406 e. The van der Waals surface area contributed by atoms with E-state index in [4.69, 9.17) is 5.73 Å². The van der Waals surface area contributed by atoms with Gasteiger partial charge in [0.25, 0.3) is 0 Å². The summed E-state index contributed by atoms with van der Waals surface area (Å²) in [7, 11) is 0. The number of imidazole rings is 1. The van der Waals surface area contributed by atoms with E-state index >= 15 is 0 Å². The molecule has 1 aromatic heterocycles. The van der Waals surface area contributed by atoms with Crippen LogP contribution < -0.4 is 15.8 Å². The number of rotatable bonds is 7. The van der Waals surface area contributed by atoms with E-state index in [1.165, 1.54) is 29.8 Å². The molecule has 0 amide bonds. The highest BCUT2D eigenvalue weighted by atomic mass is 127. The fourth-order valence-electron chi connectivity index (χ4n) is 2.67. The monoisotopic (exact) mass is 531 g/mol. The Balaban J connectivity index is 0.00000320. The number of benzene rings is 2. The lowest BCUT2D eigenvalue weighted by atomic mass is 10.1. The molecule has 3 aromatic rings. The standard InChI is InChI=1S/C20H20F3N5O.HI/c21-20(22,23)29-17-8-6-16(7-9-17)27-19(24)26-14-18-25-11-13-28(18)12-10-15-4-2-1-3-5-15;/h1-9,11,13H,10,12,14H2,(H3,24,26,27);1H. The van der Waals surface area contributed by atoms with Crippen molar-refractivity contribution in [3.05, 3.63) is 78.4 Å². The van der Waals surface area contributed by atoms with E-state index in [-0.39, 0.29) is 42.2 Å². The second-order valence-electron chi connectivity index (χ2n) is 6.17. The molecule has 0 radical (unpaired) electrons. The number of aryl methyl sites for hydroxylation is 2. The fraction of sp³-hybridized carbons (Fsp3) is 0.200. The number of nitrogens with one attached hydrogen (secondary N) is 1. The third-order valence-corrected chi connectivity index (χ3v) is 4.04. The molecule has 0 fully saturated rings. The second-order valence-corrected chi connectivity index (χ2v) is 6.17. The number of nitrogens with two attached hydrogens (primary N) is 1. The molecule has 0 saturated carbocycles. The molecule has 0 aliphatic carbocycles. The number of alkyl halides is 3. The molecule has 1 heterocycles. The average Bonchev–Trinajstić information content (AvgIpc) is 3.13. The maximum Gasteiger partial charge on any atom is 0.573 e. The van der Waals surface area contributed by atoms with E-state index in [0.29, 0.717) is 5.69 Å². The van der Waals surface area contributed by atoms with Gasteiger partial charge in [0.1, 0.15) is 18.1 Å². The summed E-state index contributed by atoms with van der Waals surface area (Å²) in [5, 5.41) is 2.83. The third kappa shape index (κ3) is 7.58. The van der Waals surface area contributed by atoms with Gasteiger partial charge in [0.15, 0.2) is 5.96 Å². The van der Waals surface area contributed by atoms with Gasteiger partial charge in [-0.3, -0.25) is 0 Å². The first kappa shape index (κ1) is 23.5. The molecule has 0 saturated heterocycles. The van der Waals surface area contributed by atoms with Crippen LogP contribution in [0.2, 0.25) is 0 Å². The van der Waals surface area contributed by atoms with Crippen molar-refractivity contribution in [3.8, 4) is 5.75 Å². The third-order valence-electron chi connectivity index (χ3n) is 4.04. The molecule has 0 spiro atoms. The van der Waals surface area contributed by atoms with Gasteiger partial charge < -0.3 is 20.4 Å². The summed E-state index contributed by atoms with van der Waals surface area (Å²) in [5.74, 6) is 0.589. The van der Waals surface area contributed by atoms with Gasteiger partial charge in [0.2, 0.25) is 0 Å². The van der Waals surface area contributed by atoms with Gasteiger partial charge in [0.05, 0.1) is 0 Å². The van der Waals surface area contributed by atoms with Crippen molar-refractivity contribution < 1.29 is 17.9 Å². The summed E-state index contributed by atoms with van der Waals surface area (Å²) < 4.78 is 42.4. The Morgan fingerprint density at radius 2 is 1.80 bits per heavy atom. The van der Waals surface area contributed by atoms with Gasteiger partial charge in [-0.25, -0.2) is 9.98 Å². The number of hydrogen-bond donors (Lipinski definition) is 2. The van der Waals surface area contributed by atoms with E-state index in [1.807, 2.05) is 29.0 Å². The number of aromatic nitrogens is 2. The molecule has 3 N–H and O–H groups in total. The first-order chi connectivity index (χ1) is 13.9. The minimum atomic E-state index is -4.72. The summed E-state index contributed by atoms with van der Waals surface area (Å²) in [4.78, 5) is 8.55. The smallest absolute Gasteiger partial charge is 0.406 e. The Labute approximate surface area is 189 Å². The van der Waals surface area contributed by atoms with Crippen LogP contribution in [0.1, 0.15) is 11.4 Å². The first-order valence-electron chi connectivity index (χ1n) is 8.86. The van der Waals surface area contributed by atoms with Gasteiger partial charge in [-0.15, -0.1) is 37.1 Å². The van der Waals surface area contributed by atoms with Gasteiger partial charge in [-0.05, 0) is 36.2 Å². The summed E-state index contributed by atoms with van der Waals surface area (Å²) in [6.07, 6.45) is -0.262. The van der Waals surface area contributed by atoms with Crippen molar-refractivity contribution in [3.63, 3.8) is 0 Å². The van der Waals surface area contributed by atoms with Crippen LogP contribution in [-0.2, 0) is 19.5 Å². The highest BCUT2D eigenvalue weighted by molar-refractivity contribution is 14.0. The molecule has 0 aliphatic heterocycles. The number of guanidine groups is 1. The van der Waals surface area contributed by atoms with Crippen molar-refractivity contribution in [1.82, 2.24) is 9.55 Å². The van der Waals surface area contributed by atoms with Crippen LogP contribution in [-0.4, -0.2) is 21.9 Å². The zero-order valence-corrected chi connectivity index (χ0v) is 18.2. The van der Waals surface area contributed by atoms with Gasteiger partial charge >= 0.3 is 6.36 Å². The van der Waals surface area contributed by atoms with Crippen LogP contribution in [0.3, 0.4) is 0 Å². The van der Waals surface area contributed by atoms with Crippen LogP contribution in [0.25, 0.3) is 0 Å². The summed E-state index contributed by atoms with van der Waals surface area (Å²) in [6.45, 7) is 1.04. The molecular formula is C20H21F3IN5O. The lowest BCUT2D eigenvalue weighted by Gasteiger charge is -2.10. The number of anilines is 1. The van der Waals surface area contributed by atoms with Crippen LogP contribution >= 0.6 is 24.0 Å².